The Morgan fingerprint density at radius 2 is 1.94 bits per heavy atom. The summed E-state index contributed by atoms with van der Waals surface area (Å²) in [5.74, 6) is 0. The first-order valence-corrected chi connectivity index (χ1v) is 12.5. The van der Waals surface area contributed by atoms with Crippen LogP contribution in [0.4, 0.5) is 5.69 Å². The number of fused-ring (bicyclic) bond motifs is 1. The molecule has 172 valence electrons. The monoisotopic (exact) mass is 472 g/mol. The maximum absolute atomic E-state index is 12.9. The maximum atomic E-state index is 12.9. The number of piperidine rings is 1. The van der Waals surface area contributed by atoms with Crippen LogP contribution in [0.1, 0.15) is 18.4 Å². The minimum absolute atomic E-state index is 0.0887. The van der Waals surface area contributed by atoms with E-state index in [-0.39, 0.29) is 11.1 Å². The van der Waals surface area contributed by atoms with Crippen LogP contribution in [0.5, 0.6) is 0 Å². The van der Waals surface area contributed by atoms with Gasteiger partial charge in [0.15, 0.2) is 5.03 Å². The molecule has 0 unspecified atom stereocenters. The van der Waals surface area contributed by atoms with Crippen LogP contribution in [0.25, 0.3) is 21.9 Å². The Balaban J connectivity index is 1.38. The molecule has 0 aliphatic carbocycles. The number of aryl methyl sites for hydroxylation is 1. The molecule has 8 nitrogen and oxygen atoms in total. The maximum Gasteiger partial charge on any atom is 0.262 e. The SMILES string of the molecule is Cn1cnc(S(=O)(=O)N2CCC(Nc3cc(-c4cccc(C#N)c4)cc4ccncc34)CC2)c1. The molecule has 1 saturated heterocycles. The molecule has 0 radical (unpaired) electrons. The Kier molecular flexibility index (Phi) is 5.77. The zero-order valence-corrected chi connectivity index (χ0v) is 19.5. The Morgan fingerprint density at radius 3 is 2.68 bits per heavy atom. The van der Waals surface area contributed by atoms with Crippen molar-refractivity contribution in [2.24, 2.45) is 7.05 Å². The molecule has 34 heavy (non-hydrogen) atoms. The molecule has 2 aromatic heterocycles. The summed E-state index contributed by atoms with van der Waals surface area (Å²) < 4.78 is 28.9. The fraction of sp³-hybridized carbons (Fsp3) is 0.240. The first-order chi connectivity index (χ1) is 16.4. The van der Waals surface area contributed by atoms with Crippen LogP contribution < -0.4 is 5.32 Å². The van der Waals surface area contributed by atoms with Crippen molar-refractivity contribution in [1.82, 2.24) is 18.8 Å². The lowest BCUT2D eigenvalue weighted by Gasteiger charge is -2.32. The number of hydrogen-bond acceptors (Lipinski definition) is 6. The third kappa shape index (κ3) is 4.25. The van der Waals surface area contributed by atoms with Gasteiger partial charge in [-0.3, -0.25) is 4.98 Å². The molecule has 0 bridgehead atoms. The highest BCUT2D eigenvalue weighted by atomic mass is 32.2. The topological polar surface area (TPSA) is 104 Å². The molecule has 1 N–H and O–H groups in total. The Morgan fingerprint density at radius 1 is 1.12 bits per heavy atom. The van der Waals surface area contributed by atoms with E-state index in [0.717, 1.165) is 27.6 Å². The van der Waals surface area contributed by atoms with E-state index >= 15 is 0 Å². The second kappa shape index (κ2) is 8.89. The van der Waals surface area contributed by atoms with E-state index in [1.54, 1.807) is 23.9 Å². The molecule has 0 saturated carbocycles. The van der Waals surface area contributed by atoms with Gasteiger partial charge in [-0.15, -0.1) is 0 Å². The highest BCUT2D eigenvalue weighted by molar-refractivity contribution is 7.89. The van der Waals surface area contributed by atoms with Gasteiger partial charge in [0.05, 0.1) is 18.0 Å². The molecule has 4 aromatic rings. The minimum Gasteiger partial charge on any atom is -0.382 e. The number of hydrogen-bond donors (Lipinski definition) is 1. The number of benzene rings is 2. The van der Waals surface area contributed by atoms with Crippen molar-refractivity contribution in [3.8, 4) is 17.2 Å². The molecule has 0 spiro atoms. The molecular formula is C25H24N6O2S. The quantitative estimate of drug-likeness (QED) is 0.474. The van der Waals surface area contributed by atoms with Gasteiger partial charge < -0.3 is 9.88 Å². The Hall–Kier alpha value is -3.74. The standard InChI is InChI=1S/C25H24N6O2S/c1-30-16-25(28-17-30)34(32,33)31-9-6-22(7-10-31)29-24-13-21(12-20-5-8-27-15-23(20)24)19-4-2-3-18(11-19)14-26/h2-5,8,11-13,15-17,22,29H,6-7,9-10H2,1H3. The summed E-state index contributed by atoms with van der Waals surface area (Å²) >= 11 is 0. The number of rotatable bonds is 5. The Labute approximate surface area is 198 Å². The second-order valence-corrected chi connectivity index (χ2v) is 10.4. The van der Waals surface area contributed by atoms with Crippen LogP contribution in [0.15, 0.2) is 72.4 Å². The van der Waals surface area contributed by atoms with Crippen LogP contribution in [0.3, 0.4) is 0 Å². The number of nitrogens with zero attached hydrogens (tertiary/aromatic N) is 5. The van der Waals surface area contributed by atoms with Crippen molar-refractivity contribution < 1.29 is 8.42 Å². The molecular weight excluding hydrogens is 448 g/mol. The molecule has 1 aliphatic rings. The van der Waals surface area contributed by atoms with Gasteiger partial charge in [0.25, 0.3) is 10.0 Å². The van der Waals surface area contributed by atoms with Crippen LogP contribution in [0, 0.1) is 11.3 Å². The number of nitriles is 1. The van der Waals surface area contributed by atoms with E-state index in [1.165, 1.54) is 16.8 Å². The number of sulfonamides is 1. The van der Waals surface area contributed by atoms with Gasteiger partial charge in [0.1, 0.15) is 0 Å². The van der Waals surface area contributed by atoms with E-state index in [1.807, 2.05) is 30.5 Å². The fourth-order valence-corrected chi connectivity index (χ4v) is 5.80. The lowest BCUT2D eigenvalue weighted by atomic mass is 9.98. The minimum atomic E-state index is -3.58. The van der Waals surface area contributed by atoms with E-state index < -0.39 is 10.0 Å². The molecule has 2 aromatic carbocycles. The van der Waals surface area contributed by atoms with Crippen molar-refractivity contribution in [3.05, 3.63) is 72.9 Å². The largest absolute Gasteiger partial charge is 0.382 e. The first kappa shape index (κ1) is 22.1. The molecule has 1 aliphatic heterocycles. The van der Waals surface area contributed by atoms with Crippen LogP contribution in [0.2, 0.25) is 0 Å². The average Bonchev–Trinajstić information content (AvgIpc) is 3.31. The summed E-state index contributed by atoms with van der Waals surface area (Å²) in [7, 11) is -1.83. The predicted molar refractivity (Wildman–Crippen MR) is 131 cm³/mol. The fourth-order valence-electron chi connectivity index (χ4n) is 4.37. The van der Waals surface area contributed by atoms with E-state index in [9.17, 15) is 13.7 Å². The van der Waals surface area contributed by atoms with Crippen molar-refractivity contribution >= 4 is 26.5 Å². The highest BCUT2D eigenvalue weighted by Crippen LogP contribution is 2.32. The zero-order valence-electron chi connectivity index (χ0n) is 18.7. The van der Waals surface area contributed by atoms with E-state index in [4.69, 9.17) is 0 Å². The van der Waals surface area contributed by atoms with Gasteiger partial charge in [-0.05, 0) is 59.7 Å². The lowest BCUT2D eigenvalue weighted by molar-refractivity contribution is 0.329. The first-order valence-electron chi connectivity index (χ1n) is 11.1. The zero-order chi connectivity index (χ0) is 23.7. The molecule has 5 rings (SSSR count). The lowest BCUT2D eigenvalue weighted by Crippen LogP contribution is -2.42. The number of pyridine rings is 1. The normalized spacial score (nSPS) is 15.3. The summed E-state index contributed by atoms with van der Waals surface area (Å²) in [4.78, 5) is 8.32. The molecule has 0 amide bonds. The number of imidazole rings is 1. The third-order valence-corrected chi connectivity index (χ3v) is 7.96. The summed E-state index contributed by atoms with van der Waals surface area (Å²) in [6.45, 7) is 0.854. The molecule has 9 heteroatoms. The molecule has 0 atom stereocenters. The highest BCUT2D eigenvalue weighted by Gasteiger charge is 2.31. The predicted octanol–water partition coefficient (Wildman–Crippen LogP) is 3.77. The third-order valence-electron chi connectivity index (χ3n) is 6.18. The van der Waals surface area contributed by atoms with Crippen LogP contribution >= 0.6 is 0 Å². The molecule has 1 fully saturated rings. The van der Waals surface area contributed by atoms with Gasteiger partial charge >= 0.3 is 0 Å². The van der Waals surface area contributed by atoms with Gasteiger partial charge in [-0.2, -0.15) is 9.57 Å². The molecule has 3 heterocycles. The number of nitrogens with one attached hydrogen (secondary N) is 1. The van der Waals surface area contributed by atoms with E-state index in [0.29, 0.717) is 31.5 Å². The van der Waals surface area contributed by atoms with Crippen LogP contribution in [-0.4, -0.2) is 46.4 Å². The summed E-state index contributed by atoms with van der Waals surface area (Å²) in [5.41, 5.74) is 3.54. The average molecular weight is 473 g/mol. The van der Waals surface area contributed by atoms with Gasteiger partial charge in [-0.1, -0.05) is 12.1 Å². The van der Waals surface area contributed by atoms with Crippen molar-refractivity contribution in [3.63, 3.8) is 0 Å². The summed E-state index contributed by atoms with van der Waals surface area (Å²) in [5, 5.41) is 15.1. The van der Waals surface area contributed by atoms with E-state index in [2.05, 4.69) is 33.5 Å². The van der Waals surface area contributed by atoms with Crippen molar-refractivity contribution in [2.75, 3.05) is 18.4 Å². The van der Waals surface area contributed by atoms with Gasteiger partial charge in [0.2, 0.25) is 0 Å². The Bertz CT molecular complexity index is 1500. The van der Waals surface area contributed by atoms with Crippen molar-refractivity contribution in [2.45, 2.75) is 23.9 Å². The number of anilines is 1. The van der Waals surface area contributed by atoms with Crippen LogP contribution in [-0.2, 0) is 17.1 Å². The summed E-state index contributed by atoms with van der Waals surface area (Å²) in [6.07, 6.45) is 8.01. The number of aromatic nitrogens is 3. The summed E-state index contributed by atoms with van der Waals surface area (Å²) in [6, 6.07) is 16.0. The van der Waals surface area contributed by atoms with Gasteiger partial charge in [0, 0.05) is 55.8 Å². The van der Waals surface area contributed by atoms with Gasteiger partial charge in [-0.25, -0.2) is 13.4 Å². The van der Waals surface area contributed by atoms with Crippen molar-refractivity contribution in [1.29, 1.82) is 5.26 Å². The smallest absolute Gasteiger partial charge is 0.262 e. The second-order valence-electron chi connectivity index (χ2n) is 8.51.